The Morgan fingerprint density at radius 1 is 0.857 bits per heavy atom. The van der Waals surface area contributed by atoms with E-state index in [-0.39, 0.29) is 23.1 Å². The van der Waals surface area contributed by atoms with Crippen LogP contribution in [-0.2, 0) is 16.6 Å². The first kappa shape index (κ1) is 26.1. The average molecular weight is 494 g/mol. The van der Waals surface area contributed by atoms with Gasteiger partial charge in [0.2, 0.25) is 10.0 Å². The second-order valence-corrected chi connectivity index (χ2v) is 10.2. The van der Waals surface area contributed by atoms with Gasteiger partial charge in [-0.2, -0.15) is 0 Å². The Morgan fingerprint density at radius 3 is 1.94 bits per heavy atom. The minimum Gasteiger partial charge on any atom is -0.369 e. The van der Waals surface area contributed by atoms with Gasteiger partial charge in [0.05, 0.1) is 4.90 Å². The highest BCUT2D eigenvalue weighted by Gasteiger charge is 2.15. The summed E-state index contributed by atoms with van der Waals surface area (Å²) in [6, 6.07) is 20.6. The maximum atomic E-state index is 12.6. The van der Waals surface area contributed by atoms with E-state index in [1.807, 2.05) is 24.3 Å². The van der Waals surface area contributed by atoms with Crippen LogP contribution in [0.15, 0.2) is 77.7 Å². The number of amides is 1. The fraction of sp³-hybridized carbons (Fsp3) is 0.259. The fourth-order valence-electron chi connectivity index (χ4n) is 3.69. The first-order valence-corrected chi connectivity index (χ1v) is 13.0. The second kappa shape index (κ2) is 11.3. The summed E-state index contributed by atoms with van der Waals surface area (Å²) in [6.07, 6.45) is 0. The van der Waals surface area contributed by atoms with E-state index in [0.29, 0.717) is 28.4 Å². The molecular formula is C27H31N3O4S. The van der Waals surface area contributed by atoms with Gasteiger partial charge in [-0.05, 0) is 81.8 Å². The number of hydrogen-bond acceptors (Lipinski definition) is 5. The predicted molar refractivity (Wildman–Crippen MR) is 139 cm³/mol. The van der Waals surface area contributed by atoms with Gasteiger partial charge in [-0.25, -0.2) is 13.1 Å². The van der Waals surface area contributed by atoms with Crippen molar-refractivity contribution in [1.29, 1.82) is 0 Å². The molecule has 3 aromatic rings. The molecule has 3 rings (SSSR count). The summed E-state index contributed by atoms with van der Waals surface area (Å²) >= 11 is 0. The van der Waals surface area contributed by atoms with E-state index in [2.05, 4.69) is 35.7 Å². The number of ketones is 1. The zero-order valence-corrected chi connectivity index (χ0v) is 21.2. The minimum absolute atomic E-state index is 0.0733. The molecule has 184 valence electrons. The summed E-state index contributed by atoms with van der Waals surface area (Å²) in [5, 5.41) is 2.89. The topological polar surface area (TPSA) is 95.6 Å². The molecule has 8 heteroatoms. The lowest BCUT2D eigenvalue weighted by molar-refractivity contribution is 0.101. The van der Waals surface area contributed by atoms with Gasteiger partial charge in [0, 0.05) is 41.6 Å². The van der Waals surface area contributed by atoms with Gasteiger partial charge in [0.15, 0.2) is 5.78 Å². The molecule has 0 radical (unpaired) electrons. The van der Waals surface area contributed by atoms with Crippen molar-refractivity contribution in [1.82, 2.24) is 4.72 Å². The van der Waals surface area contributed by atoms with Crippen LogP contribution in [0.2, 0.25) is 0 Å². The van der Waals surface area contributed by atoms with Crippen molar-refractivity contribution in [3.05, 3.63) is 89.5 Å². The highest BCUT2D eigenvalue weighted by molar-refractivity contribution is 7.89. The third kappa shape index (κ3) is 6.77. The number of hydrogen-bond donors (Lipinski definition) is 2. The average Bonchev–Trinajstić information content (AvgIpc) is 2.84. The number of nitrogens with one attached hydrogen (secondary N) is 2. The summed E-state index contributed by atoms with van der Waals surface area (Å²) in [7, 11) is -3.73. The lowest BCUT2D eigenvalue weighted by Gasteiger charge is -2.27. The molecule has 0 aromatic heterocycles. The SMILES string of the molecule is CCN(c1ccc(NC(=O)c2ccc(CNS(=O)(=O)c3ccc(C(C)=O)cc3)cc2)cc1)C(C)C. The van der Waals surface area contributed by atoms with Crippen LogP contribution in [0.1, 0.15) is 54.0 Å². The van der Waals surface area contributed by atoms with E-state index in [4.69, 9.17) is 0 Å². The maximum absolute atomic E-state index is 12.6. The van der Waals surface area contributed by atoms with Crippen molar-refractivity contribution in [3.8, 4) is 0 Å². The smallest absolute Gasteiger partial charge is 0.255 e. The molecule has 0 saturated carbocycles. The van der Waals surface area contributed by atoms with Gasteiger partial charge in [-0.15, -0.1) is 0 Å². The summed E-state index contributed by atoms with van der Waals surface area (Å²) in [5.41, 5.74) is 3.43. The molecule has 3 aromatic carbocycles. The molecule has 0 heterocycles. The number of rotatable bonds is 10. The van der Waals surface area contributed by atoms with Crippen LogP contribution in [0, 0.1) is 0 Å². The van der Waals surface area contributed by atoms with Gasteiger partial charge in [-0.1, -0.05) is 24.3 Å². The molecule has 1 amide bonds. The van der Waals surface area contributed by atoms with Gasteiger partial charge >= 0.3 is 0 Å². The van der Waals surface area contributed by atoms with Crippen molar-refractivity contribution in [2.24, 2.45) is 0 Å². The van der Waals surface area contributed by atoms with Crippen molar-refractivity contribution < 1.29 is 18.0 Å². The maximum Gasteiger partial charge on any atom is 0.255 e. The number of sulfonamides is 1. The molecule has 0 aliphatic carbocycles. The van der Waals surface area contributed by atoms with E-state index in [1.54, 1.807) is 24.3 Å². The Morgan fingerprint density at radius 2 is 1.43 bits per heavy atom. The molecule has 0 unspecified atom stereocenters. The largest absolute Gasteiger partial charge is 0.369 e. The third-order valence-electron chi connectivity index (χ3n) is 5.67. The minimum atomic E-state index is -3.73. The van der Waals surface area contributed by atoms with Gasteiger partial charge < -0.3 is 10.2 Å². The van der Waals surface area contributed by atoms with Crippen molar-refractivity contribution in [2.45, 2.75) is 45.2 Å². The van der Waals surface area contributed by atoms with Crippen LogP contribution in [0.4, 0.5) is 11.4 Å². The van der Waals surface area contributed by atoms with Crippen LogP contribution in [0.3, 0.4) is 0 Å². The number of carbonyl (C=O) groups excluding carboxylic acids is 2. The van der Waals surface area contributed by atoms with Gasteiger partial charge in [0.25, 0.3) is 5.91 Å². The number of nitrogens with zero attached hydrogens (tertiary/aromatic N) is 1. The van der Waals surface area contributed by atoms with Crippen LogP contribution >= 0.6 is 0 Å². The first-order chi connectivity index (χ1) is 16.6. The Hall–Kier alpha value is -3.49. The normalized spacial score (nSPS) is 11.3. The molecular weight excluding hydrogens is 462 g/mol. The predicted octanol–water partition coefficient (Wildman–Crippen LogP) is 4.85. The quantitative estimate of drug-likeness (QED) is 0.394. The monoisotopic (exact) mass is 493 g/mol. The highest BCUT2D eigenvalue weighted by Crippen LogP contribution is 2.20. The lowest BCUT2D eigenvalue weighted by Crippen LogP contribution is -2.30. The first-order valence-electron chi connectivity index (χ1n) is 11.5. The van der Waals surface area contributed by atoms with Gasteiger partial charge in [-0.3, -0.25) is 9.59 Å². The summed E-state index contributed by atoms with van der Waals surface area (Å²) < 4.78 is 27.6. The molecule has 7 nitrogen and oxygen atoms in total. The number of anilines is 2. The fourth-order valence-corrected chi connectivity index (χ4v) is 4.71. The zero-order chi connectivity index (χ0) is 25.6. The van der Waals surface area contributed by atoms with Crippen molar-refractivity contribution >= 4 is 33.1 Å². The second-order valence-electron chi connectivity index (χ2n) is 8.48. The van der Waals surface area contributed by atoms with Gasteiger partial charge in [0.1, 0.15) is 0 Å². The zero-order valence-electron chi connectivity index (χ0n) is 20.4. The Labute approximate surface area is 207 Å². The van der Waals surface area contributed by atoms with Crippen molar-refractivity contribution in [3.63, 3.8) is 0 Å². The molecule has 0 aliphatic rings. The molecule has 0 bridgehead atoms. The third-order valence-corrected chi connectivity index (χ3v) is 7.09. The van der Waals surface area contributed by atoms with Crippen LogP contribution in [0.5, 0.6) is 0 Å². The molecule has 35 heavy (non-hydrogen) atoms. The number of Topliss-reactive ketones (excluding diaryl/α,β-unsaturated/α-hetero) is 1. The molecule has 0 atom stereocenters. The lowest BCUT2D eigenvalue weighted by atomic mass is 10.1. The highest BCUT2D eigenvalue weighted by atomic mass is 32.2. The summed E-state index contributed by atoms with van der Waals surface area (Å²) in [5.74, 6) is -0.371. The summed E-state index contributed by atoms with van der Waals surface area (Å²) in [6.45, 7) is 8.79. The molecule has 0 fully saturated rings. The molecule has 0 aliphatic heterocycles. The van der Waals surface area contributed by atoms with Crippen molar-refractivity contribution in [2.75, 3.05) is 16.8 Å². The van der Waals surface area contributed by atoms with Crippen LogP contribution in [-0.4, -0.2) is 32.7 Å². The number of benzene rings is 3. The Kier molecular flexibility index (Phi) is 8.43. The standard InChI is InChI=1S/C27H31N3O4S/c1-5-30(19(2)3)25-14-12-24(13-15-25)29-27(32)23-8-6-21(7-9-23)18-28-35(33,34)26-16-10-22(11-17-26)20(4)31/h6-17,19,28H,5,18H2,1-4H3,(H,29,32). The Balaban J connectivity index is 1.59. The Bertz CT molecular complexity index is 1270. The van der Waals surface area contributed by atoms with Crippen LogP contribution < -0.4 is 14.9 Å². The molecule has 2 N–H and O–H groups in total. The summed E-state index contributed by atoms with van der Waals surface area (Å²) in [4.78, 5) is 26.3. The van der Waals surface area contributed by atoms with E-state index in [0.717, 1.165) is 12.2 Å². The van der Waals surface area contributed by atoms with E-state index >= 15 is 0 Å². The molecule has 0 spiro atoms. The van der Waals surface area contributed by atoms with E-state index in [1.165, 1.54) is 31.2 Å². The number of carbonyl (C=O) groups is 2. The van der Waals surface area contributed by atoms with E-state index in [9.17, 15) is 18.0 Å². The van der Waals surface area contributed by atoms with Crippen LogP contribution in [0.25, 0.3) is 0 Å². The molecule has 0 saturated heterocycles. The van der Waals surface area contributed by atoms with E-state index < -0.39 is 10.0 Å².